The average Bonchev–Trinajstić information content (AvgIpc) is 2.96. The van der Waals surface area contributed by atoms with Crippen LogP contribution >= 0.6 is 0 Å². The van der Waals surface area contributed by atoms with Crippen LogP contribution < -0.4 is 4.74 Å². The zero-order chi connectivity index (χ0) is 11.4. The van der Waals surface area contributed by atoms with Crippen molar-refractivity contribution < 1.29 is 13.2 Å². The van der Waals surface area contributed by atoms with Gasteiger partial charge in [0.1, 0.15) is 5.60 Å². The molecule has 2 heterocycles. The Bertz CT molecular complexity index is 588. The minimum atomic E-state index is -3.64. The molecule has 1 aromatic rings. The van der Waals surface area contributed by atoms with E-state index in [0.29, 0.717) is 0 Å². The highest BCUT2D eigenvalue weighted by Crippen LogP contribution is 2.42. The van der Waals surface area contributed by atoms with Crippen molar-refractivity contribution in [1.29, 1.82) is 0 Å². The highest BCUT2D eigenvalue weighted by Gasteiger charge is 2.47. The summed E-state index contributed by atoms with van der Waals surface area (Å²) in [5.41, 5.74) is 0.200. The Balaban J connectivity index is 2.25. The Morgan fingerprint density at radius 1 is 1.38 bits per heavy atom. The van der Waals surface area contributed by atoms with Gasteiger partial charge in [-0.05, 0) is 31.9 Å². The van der Waals surface area contributed by atoms with Crippen LogP contribution in [0.5, 0.6) is 5.88 Å². The van der Waals surface area contributed by atoms with Crippen molar-refractivity contribution in [2.45, 2.75) is 30.3 Å². The molecule has 84 valence electrons. The molecule has 0 N–H and O–H groups in total. The Morgan fingerprint density at radius 3 is 2.81 bits per heavy atom. The van der Waals surface area contributed by atoms with E-state index in [1.54, 1.807) is 13.0 Å². The van der Waals surface area contributed by atoms with Crippen molar-refractivity contribution >= 4 is 16.2 Å². The number of ether oxygens (including phenoxy) is 1. The van der Waals surface area contributed by atoms with E-state index in [0.717, 1.165) is 18.5 Å². The summed E-state index contributed by atoms with van der Waals surface area (Å²) in [4.78, 5) is 4.18. The summed E-state index contributed by atoms with van der Waals surface area (Å²) in [6.45, 7) is 1.79. The van der Waals surface area contributed by atoms with Crippen molar-refractivity contribution in [3.63, 3.8) is 0 Å². The number of pyridine rings is 1. The van der Waals surface area contributed by atoms with E-state index >= 15 is 0 Å². The Labute approximate surface area is 93.2 Å². The van der Waals surface area contributed by atoms with Crippen molar-refractivity contribution in [3.8, 4) is 5.88 Å². The van der Waals surface area contributed by atoms with Crippen LogP contribution in [0.2, 0.25) is 0 Å². The van der Waals surface area contributed by atoms with E-state index < -0.39 is 15.6 Å². The number of nitrogens with zero attached hydrogens (tertiary/aromatic N) is 2. The summed E-state index contributed by atoms with van der Waals surface area (Å²) >= 11 is 0. The van der Waals surface area contributed by atoms with Gasteiger partial charge in [0.15, 0.2) is 4.90 Å². The van der Waals surface area contributed by atoms with Crippen LogP contribution in [0, 0.1) is 6.92 Å². The molecular weight excluding hydrogens is 228 g/mol. The smallest absolute Gasteiger partial charge is 0.287 e. The van der Waals surface area contributed by atoms with Gasteiger partial charge in [0.25, 0.3) is 10.0 Å². The van der Waals surface area contributed by atoms with Gasteiger partial charge in [0.05, 0.1) is 6.21 Å². The van der Waals surface area contributed by atoms with Gasteiger partial charge in [-0.3, -0.25) is 0 Å². The number of aromatic nitrogens is 1. The molecule has 2 aliphatic rings. The molecule has 3 rings (SSSR count). The van der Waals surface area contributed by atoms with Gasteiger partial charge in [-0.1, -0.05) is 0 Å². The van der Waals surface area contributed by atoms with Crippen LogP contribution in [0.4, 0.5) is 0 Å². The Hall–Kier alpha value is -1.43. The number of sulfonamides is 1. The third kappa shape index (κ3) is 1.41. The van der Waals surface area contributed by atoms with Gasteiger partial charge >= 0.3 is 0 Å². The zero-order valence-electron chi connectivity index (χ0n) is 8.67. The van der Waals surface area contributed by atoms with Crippen molar-refractivity contribution in [1.82, 2.24) is 4.98 Å². The lowest BCUT2D eigenvalue weighted by Crippen LogP contribution is -2.19. The quantitative estimate of drug-likeness (QED) is 0.678. The number of rotatable bonds is 0. The maximum Gasteiger partial charge on any atom is 0.287 e. The minimum absolute atomic E-state index is 0.0538. The highest BCUT2D eigenvalue weighted by molar-refractivity contribution is 7.90. The molecule has 1 fully saturated rings. The van der Waals surface area contributed by atoms with Gasteiger partial charge in [-0.25, -0.2) is 4.98 Å². The fourth-order valence-electron chi connectivity index (χ4n) is 1.59. The van der Waals surface area contributed by atoms with Crippen LogP contribution in [0.15, 0.2) is 21.4 Å². The molecule has 1 saturated carbocycles. The molecule has 1 spiro atoms. The van der Waals surface area contributed by atoms with Crippen LogP contribution in [-0.2, 0) is 10.0 Å². The van der Waals surface area contributed by atoms with Crippen molar-refractivity contribution in [2.75, 3.05) is 0 Å². The first kappa shape index (κ1) is 9.77. The highest BCUT2D eigenvalue weighted by atomic mass is 32.2. The first-order chi connectivity index (χ1) is 7.51. The maximum absolute atomic E-state index is 11.8. The molecule has 1 aromatic heterocycles. The minimum Gasteiger partial charge on any atom is -0.464 e. The van der Waals surface area contributed by atoms with Gasteiger partial charge < -0.3 is 4.74 Å². The summed E-state index contributed by atoms with van der Waals surface area (Å²) in [6.07, 6.45) is 2.97. The lowest BCUT2D eigenvalue weighted by molar-refractivity contribution is 0.237. The lowest BCUT2D eigenvalue weighted by atomic mass is 10.3. The average molecular weight is 238 g/mol. The first-order valence-electron chi connectivity index (χ1n) is 4.99. The monoisotopic (exact) mass is 238 g/mol. The summed E-state index contributed by atoms with van der Waals surface area (Å²) in [6, 6.07) is 3.13. The molecule has 6 heteroatoms. The second kappa shape index (κ2) is 2.82. The maximum atomic E-state index is 11.8. The molecule has 0 aromatic carbocycles. The fraction of sp³-hybridized carbons (Fsp3) is 0.400. The van der Waals surface area contributed by atoms with E-state index in [9.17, 15) is 8.42 Å². The van der Waals surface area contributed by atoms with E-state index in [1.807, 2.05) is 0 Å². The summed E-state index contributed by atoms with van der Waals surface area (Å²) in [5, 5.41) is 0. The fourth-order valence-corrected chi connectivity index (χ4v) is 2.58. The summed E-state index contributed by atoms with van der Waals surface area (Å²) in [7, 11) is -3.64. The van der Waals surface area contributed by atoms with Crippen LogP contribution in [-0.4, -0.2) is 25.2 Å². The van der Waals surface area contributed by atoms with E-state index in [1.165, 1.54) is 12.3 Å². The Kier molecular flexibility index (Phi) is 1.72. The molecule has 16 heavy (non-hydrogen) atoms. The Morgan fingerprint density at radius 2 is 2.12 bits per heavy atom. The topological polar surface area (TPSA) is 68.6 Å². The normalized spacial score (nSPS) is 23.3. The molecular formula is C10H10N2O3S. The number of hydrogen-bond acceptors (Lipinski definition) is 4. The lowest BCUT2D eigenvalue weighted by Gasteiger charge is -2.11. The third-order valence-corrected chi connectivity index (χ3v) is 3.96. The second-order valence-electron chi connectivity index (χ2n) is 4.13. The standard InChI is InChI=1S/C10H10N2O3S/c1-7-2-3-8-9(12-7)15-10(4-5-10)6-11-16(8,13)14/h2-3,6H,4-5H2,1H3. The van der Waals surface area contributed by atoms with E-state index in [4.69, 9.17) is 4.74 Å². The number of aryl methyl sites for hydroxylation is 1. The van der Waals surface area contributed by atoms with Gasteiger partial charge in [-0.2, -0.15) is 12.8 Å². The molecule has 5 nitrogen and oxygen atoms in total. The predicted octanol–water partition coefficient (Wildman–Crippen LogP) is 1.07. The molecule has 0 bridgehead atoms. The third-order valence-electron chi connectivity index (χ3n) is 2.71. The molecule has 0 amide bonds. The zero-order valence-corrected chi connectivity index (χ0v) is 9.49. The molecule has 0 saturated heterocycles. The first-order valence-corrected chi connectivity index (χ1v) is 6.43. The van der Waals surface area contributed by atoms with Crippen molar-refractivity contribution in [2.24, 2.45) is 4.40 Å². The number of fused-ring (bicyclic) bond motifs is 1. The molecule has 0 radical (unpaired) electrons. The van der Waals surface area contributed by atoms with Crippen LogP contribution in [0.25, 0.3) is 0 Å². The SMILES string of the molecule is Cc1ccc2c(n1)OC1(C=NS2(=O)=O)CC1. The largest absolute Gasteiger partial charge is 0.464 e. The molecule has 0 atom stereocenters. The van der Waals surface area contributed by atoms with Gasteiger partial charge in [0, 0.05) is 5.69 Å². The summed E-state index contributed by atoms with van der Waals surface area (Å²) < 4.78 is 32.9. The van der Waals surface area contributed by atoms with E-state index in [2.05, 4.69) is 9.38 Å². The summed E-state index contributed by atoms with van der Waals surface area (Å²) in [5.74, 6) is 0.176. The van der Waals surface area contributed by atoms with Crippen LogP contribution in [0.3, 0.4) is 0 Å². The molecule has 1 aliphatic carbocycles. The second-order valence-corrected chi connectivity index (χ2v) is 5.73. The predicted molar refractivity (Wildman–Crippen MR) is 57.2 cm³/mol. The molecule has 0 unspecified atom stereocenters. The van der Waals surface area contributed by atoms with Gasteiger partial charge in [0.2, 0.25) is 5.88 Å². The van der Waals surface area contributed by atoms with E-state index in [-0.39, 0.29) is 10.8 Å². The van der Waals surface area contributed by atoms with Crippen LogP contribution in [0.1, 0.15) is 18.5 Å². The molecule has 1 aliphatic heterocycles. The number of hydrogen-bond donors (Lipinski definition) is 0. The van der Waals surface area contributed by atoms with Gasteiger partial charge in [-0.15, -0.1) is 0 Å². The van der Waals surface area contributed by atoms with Crippen molar-refractivity contribution in [3.05, 3.63) is 17.8 Å².